The Labute approximate surface area is 42.2 Å². The summed E-state index contributed by atoms with van der Waals surface area (Å²) in [4.78, 5) is 0. The molecule has 0 unspecified atom stereocenters. The summed E-state index contributed by atoms with van der Waals surface area (Å²) in [6.07, 6.45) is 0. The zero-order valence-corrected chi connectivity index (χ0v) is 4.41. The van der Waals surface area contributed by atoms with Crippen LogP contribution in [0.15, 0.2) is 0 Å². The first-order valence-corrected chi connectivity index (χ1v) is 2.52. The van der Waals surface area contributed by atoms with E-state index in [9.17, 15) is 3.80 Å². The van der Waals surface area contributed by atoms with E-state index in [1.807, 2.05) is 0 Å². The predicted molar refractivity (Wildman–Crippen MR) is 19.5 cm³/mol. The van der Waals surface area contributed by atoms with Crippen molar-refractivity contribution in [2.24, 2.45) is 0 Å². The van der Waals surface area contributed by atoms with Crippen LogP contribution >= 0.6 is 0 Å². The molecule has 1 N–H and O–H groups in total. The monoisotopic (exact) mass is 104 g/mol. The molecule has 0 aromatic heterocycles. The molecule has 0 radical (unpaired) electrons. The molecular weight excluding hydrogens is 99.0 g/mol. The summed E-state index contributed by atoms with van der Waals surface area (Å²) >= 11 is -1.13. The number of rotatable bonds is 3. The van der Waals surface area contributed by atoms with Crippen LogP contribution in [0.4, 0.5) is 0 Å². The van der Waals surface area contributed by atoms with E-state index < -0.39 is 15.5 Å². The topological polar surface area (TPSA) is 46.5 Å². The number of aliphatic hydroxyl groups is 1. The van der Waals surface area contributed by atoms with Crippen molar-refractivity contribution in [1.29, 1.82) is 0 Å². The summed E-state index contributed by atoms with van der Waals surface area (Å²) in [5, 5.41) is 7.95. The van der Waals surface area contributed by atoms with Crippen molar-refractivity contribution in [3.63, 3.8) is 0 Å². The molecule has 0 aliphatic carbocycles. The first kappa shape index (κ1) is 6.09. The van der Waals surface area contributed by atoms with Gasteiger partial charge in [0.05, 0.1) is 0 Å². The second-order valence-corrected chi connectivity index (χ2v) is 1.22. The number of hydrogen-bond acceptors (Lipinski definition) is 3. The van der Waals surface area contributed by atoms with Gasteiger partial charge in [-0.25, -0.2) is 0 Å². The molecule has 4 heteroatoms. The maximum absolute atomic E-state index is 9.44. The van der Waals surface area contributed by atoms with Crippen molar-refractivity contribution in [2.75, 3.05) is 13.2 Å². The summed E-state index contributed by atoms with van der Waals surface area (Å²) in [7, 11) is 0. The van der Waals surface area contributed by atoms with Crippen molar-refractivity contribution in [3.05, 3.63) is 0 Å². The van der Waals surface area contributed by atoms with Crippen molar-refractivity contribution < 1.29 is 12.7 Å². The second kappa shape index (κ2) is 5.09. The summed E-state index contributed by atoms with van der Waals surface area (Å²) in [5.74, 6) is 0. The molecule has 3 nitrogen and oxygen atoms in total. The van der Waals surface area contributed by atoms with Gasteiger partial charge < -0.3 is 0 Å². The second-order valence-electron chi connectivity index (χ2n) is 0.691. The molecule has 0 saturated heterocycles. The van der Waals surface area contributed by atoms with E-state index in [2.05, 4.69) is 3.79 Å². The predicted octanol–water partition coefficient (Wildman–Crippen LogP) is -1.04. The van der Waals surface area contributed by atoms with E-state index in [-0.39, 0.29) is 13.2 Å². The Balaban J connectivity index is 2.49. The Morgan fingerprint density at radius 3 is 2.67 bits per heavy atom. The molecular formula is C2H5AlO3. The molecule has 0 aliphatic rings. The Bertz CT molecular complexity index is 37.8. The van der Waals surface area contributed by atoms with E-state index in [0.717, 1.165) is 0 Å². The van der Waals surface area contributed by atoms with Crippen molar-refractivity contribution in [2.45, 2.75) is 0 Å². The average molecular weight is 104 g/mol. The molecule has 0 aliphatic heterocycles. The Morgan fingerprint density at radius 1 is 1.83 bits per heavy atom. The van der Waals surface area contributed by atoms with Gasteiger partial charge in [0.1, 0.15) is 0 Å². The third-order valence-electron chi connectivity index (χ3n) is 0.277. The normalized spacial score (nSPS) is 6.83. The van der Waals surface area contributed by atoms with Gasteiger partial charge >= 0.3 is 41.4 Å². The van der Waals surface area contributed by atoms with Crippen LogP contribution in [0, 0.1) is 0 Å². The third kappa shape index (κ3) is 4.09. The molecule has 0 aromatic rings. The van der Waals surface area contributed by atoms with E-state index in [1.165, 1.54) is 0 Å². The third-order valence-corrected chi connectivity index (χ3v) is 0.649. The first-order chi connectivity index (χ1) is 2.91. The van der Waals surface area contributed by atoms with E-state index in [0.29, 0.717) is 0 Å². The zero-order valence-electron chi connectivity index (χ0n) is 3.26. The van der Waals surface area contributed by atoms with Gasteiger partial charge in [0.25, 0.3) is 0 Å². The van der Waals surface area contributed by atoms with Gasteiger partial charge in [-0.1, -0.05) is 0 Å². The van der Waals surface area contributed by atoms with Gasteiger partial charge in [-0.05, 0) is 0 Å². The summed E-state index contributed by atoms with van der Waals surface area (Å²) in [6, 6.07) is 0. The number of aliphatic hydroxyl groups excluding tert-OH is 1. The fourth-order valence-corrected chi connectivity index (χ4v) is 0.302. The molecule has 0 saturated carbocycles. The average Bonchev–Trinajstić information content (AvgIpc) is 1.61. The first-order valence-electron chi connectivity index (χ1n) is 1.58. The Hall–Kier alpha value is 0.0925. The summed E-state index contributed by atoms with van der Waals surface area (Å²) in [6.45, 7) is 0.147. The zero-order chi connectivity index (χ0) is 4.83. The molecule has 0 bridgehead atoms. The van der Waals surface area contributed by atoms with Crippen LogP contribution in [-0.2, 0) is 7.59 Å². The standard InChI is InChI=1S/C2H5O2.Al.O/c3-1-2-4;;/h3H,1-2H2;;/q-1;+1;. The Morgan fingerprint density at radius 2 is 2.50 bits per heavy atom. The van der Waals surface area contributed by atoms with Crippen molar-refractivity contribution in [1.82, 2.24) is 0 Å². The van der Waals surface area contributed by atoms with Gasteiger partial charge in [0.2, 0.25) is 0 Å². The molecule has 34 valence electrons. The van der Waals surface area contributed by atoms with Gasteiger partial charge in [0.15, 0.2) is 0 Å². The molecule has 0 amide bonds. The molecule has 6 heavy (non-hydrogen) atoms. The van der Waals surface area contributed by atoms with Crippen molar-refractivity contribution >= 4 is 15.5 Å². The van der Waals surface area contributed by atoms with Gasteiger partial charge in [-0.2, -0.15) is 0 Å². The fourth-order valence-electron chi connectivity index (χ4n) is 0.101. The van der Waals surface area contributed by atoms with Crippen LogP contribution in [-0.4, -0.2) is 33.8 Å². The van der Waals surface area contributed by atoms with Gasteiger partial charge in [0, 0.05) is 0 Å². The van der Waals surface area contributed by atoms with E-state index in [1.54, 1.807) is 0 Å². The molecule has 0 fully saturated rings. The van der Waals surface area contributed by atoms with E-state index in [4.69, 9.17) is 5.11 Å². The van der Waals surface area contributed by atoms with Gasteiger partial charge in [-0.3, -0.25) is 0 Å². The Kier molecular flexibility index (Phi) is 5.17. The molecule has 0 aromatic carbocycles. The minimum absolute atomic E-state index is 0.0464. The summed E-state index contributed by atoms with van der Waals surface area (Å²) < 4.78 is 13.7. The van der Waals surface area contributed by atoms with Crippen LogP contribution in [0.3, 0.4) is 0 Å². The summed E-state index contributed by atoms with van der Waals surface area (Å²) in [5.41, 5.74) is 0. The van der Waals surface area contributed by atoms with Crippen molar-refractivity contribution in [3.8, 4) is 0 Å². The minimum atomic E-state index is -1.13. The fraction of sp³-hybridized carbons (Fsp3) is 1.00. The molecule has 0 atom stereocenters. The van der Waals surface area contributed by atoms with Crippen LogP contribution in [0.2, 0.25) is 0 Å². The van der Waals surface area contributed by atoms with Crippen LogP contribution in [0.5, 0.6) is 0 Å². The molecule has 0 rings (SSSR count). The van der Waals surface area contributed by atoms with Crippen LogP contribution in [0.1, 0.15) is 0 Å². The maximum atomic E-state index is 9.44. The van der Waals surface area contributed by atoms with Crippen LogP contribution < -0.4 is 0 Å². The van der Waals surface area contributed by atoms with Crippen LogP contribution in [0.25, 0.3) is 0 Å². The quantitative estimate of drug-likeness (QED) is 0.367. The van der Waals surface area contributed by atoms with Gasteiger partial charge in [-0.15, -0.1) is 0 Å². The molecule has 0 spiro atoms. The SMILES string of the molecule is [O]=[Al][O]CCO. The number of hydrogen-bond donors (Lipinski definition) is 1. The van der Waals surface area contributed by atoms with E-state index >= 15 is 0 Å². The molecule has 0 heterocycles.